The number of hydrogen-bond donors (Lipinski definition) is 1. The lowest BCUT2D eigenvalue weighted by Crippen LogP contribution is -2.40. The Kier molecular flexibility index (Phi) is 4.90. The summed E-state index contributed by atoms with van der Waals surface area (Å²) in [5.74, 6) is 1.15. The van der Waals surface area contributed by atoms with Gasteiger partial charge in [0.2, 0.25) is 0 Å². The molecule has 0 radical (unpaired) electrons. The zero-order valence-corrected chi connectivity index (χ0v) is 15.2. The summed E-state index contributed by atoms with van der Waals surface area (Å²) in [5.41, 5.74) is 1.50. The molecule has 1 aromatic heterocycles. The minimum atomic E-state index is -0.339. The Bertz CT molecular complexity index is 924. The highest BCUT2D eigenvalue weighted by atomic mass is 19.1. The number of ether oxygens (including phenoxy) is 2. The fourth-order valence-electron chi connectivity index (χ4n) is 3.72. The maximum atomic E-state index is 14.0. The molecule has 5 nitrogen and oxygen atoms in total. The van der Waals surface area contributed by atoms with Gasteiger partial charge in [0.05, 0.1) is 7.11 Å². The Morgan fingerprint density at radius 3 is 2.63 bits per heavy atom. The van der Waals surface area contributed by atoms with Crippen LogP contribution in [-0.2, 0) is 10.2 Å². The quantitative estimate of drug-likeness (QED) is 0.740. The van der Waals surface area contributed by atoms with Gasteiger partial charge in [-0.1, -0.05) is 18.2 Å². The molecule has 3 aromatic rings. The predicted octanol–water partition coefficient (Wildman–Crippen LogP) is 3.94. The van der Waals surface area contributed by atoms with Crippen LogP contribution in [0.5, 0.6) is 5.75 Å². The minimum absolute atomic E-state index is 0.0743. The number of nitrogens with zero attached hydrogens (tertiary/aromatic N) is 2. The molecule has 2 heterocycles. The Balaban J connectivity index is 1.64. The SMILES string of the molecule is COc1ccc(C2(CNc3ncnc4c(F)cccc34)CCOCC2)cc1. The van der Waals surface area contributed by atoms with E-state index in [1.807, 2.05) is 18.2 Å². The fraction of sp³-hybridized carbons (Fsp3) is 0.333. The second kappa shape index (κ2) is 7.48. The van der Waals surface area contributed by atoms with Crippen LogP contribution in [-0.4, -0.2) is 36.8 Å². The van der Waals surface area contributed by atoms with Crippen molar-refractivity contribution >= 4 is 16.7 Å². The van der Waals surface area contributed by atoms with E-state index >= 15 is 0 Å². The van der Waals surface area contributed by atoms with Gasteiger partial charge < -0.3 is 14.8 Å². The van der Waals surface area contributed by atoms with Gasteiger partial charge in [0.1, 0.15) is 29.2 Å². The molecule has 2 aromatic carbocycles. The largest absolute Gasteiger partial charge is 0.497 e. The van der Waals surface area contributed by atoms with Crippen LogP contribution in [0.15, 0.2) is 48.8 Å². The van der Waals surface area contributed by atoms with Crippen molar-refractivity contribution in [3.63, 3.8) is 0 Å². The summed E-state index contributed by atoms with van der Waals surface area (Å²) in [6, 6.07) is 13.1. The molecule has 6 heteroatoms. The van der Waals surface area contributed by atoms with Gasteiger partial charge in [0, 0.05) is 30.6 Å². The van der Waals surface area contributed by atoms with E-state index in [0.29, 0.717) is 36.5 Å². The first-order valence-corrected chi connectivity index (χ1v) is 9.07. The van der Waals surface area contributed by atoms with Crippen LogP contribution < -0.4 is 10.1 Å². The first-order valence-electron chi connectivity index (χ1n) is 9.07. The van der Waals surface area contributed by atoms with Crippen LogP contribution >= 0.6 is 0 Å². The third-order valence-electron chi connectivity index (χ3n) is 5.36. The molecular formula is C21H22FN3O2. The number of halogens is 1. The number of para-hydroxylation sites is 1. The standard InChI is InChI=1S/C21H22FN3O2/c1-26-16-7-5-15(6-8-16)21(9-11-27-12-10-21)13-23-20-17-3-2-4-18(22)19(17)24-14-25-20/h2-8,14H,9-13H2,1H3,(H,23,24,25). The van der Waals surface area contributed by atoms with E-state index in [9.17, 15) is 4.39 Å². The molecule has 1 fully saturated rings. The van der Waals surface area contributed by atoms with Crippen LogP contribution in [0.25, 0.3) is 10.9 Å². The Morgan fingerprint density at radius 2 is 1.89 bits per heavy atom. The summed E-state index contributed by atoms with van der Waals surface area (Å²) in [4.78, 5) is 8.42. The van der Waals surface area contributed by atoms with E-state index in [-0.39, 0.29) is 11.2 Å². The summed E-state index contributed by atoms with van der Waals surface area (Å²) in [5, 5.41) is 4.14. The third kappa shape index (κ3) is 3.45. The lowest BCUT2D eigenvalue weighted by molar-refractivity contribution is 0.0543. The predicted molar refractivity (Wildman–Crippen MR) is 103 cm³/mol. The number of aromatic nitrogens is 2. The molecule has 0 unspecified atom stereocenters. The first kappa shape index (κ1) is 17.7. The van der Waals surface area contributed by atoms with Crippen molar-refractivity contribution in [3.8, 4) is 5.75 Å². The minimum Gasteiger partial charge on any atom is -0.497 e. The molecule has 1 aliphatic rings. The average Bonchev–Trinajstić information content (AvgIpc) is 2.73. The van der Waals surface area contributed by atoms with Crippen molar-refractivity contribution in [3.05, 3.63) is 60.2 Å². The van der Waals surface area contributed by atoms with Gasteiger partial charge in [-0.3, -0.25) is 0 Å². The van der Waals surface area contributed by atoms with Crippen molar-refractivity contribution < 1.29 is 13.9 Å². The summed E-state index contributed by atoms with van der Waals surface area (Å²) in [7, 11) is 1.67. The van der Waals surface area contributed by atoms with Crippen LogP contribution in [0.2, 0.25) is 0 Å². The number of fused-ring (bicyclic) bond motifs is 1. The van der Waals surface area contributed by atoms with Gasteiger partial charge in [0.15, 0.2) is 0 Å². The molecule has 1 N–H and O–H groups in total. The van der Waals surface area contributed by atoms with Crippen LogP contribution in [0.1, 0.15) is 18.4 Å². The van der Waals surface area contributed by atoms with E-state index in [1.54, 1.807) is 13.2 Å². The number of rotatable bonds is 5. The monoisotopic (exact) mass is 367 g/mol. The van der Waals surface area contributed by atoms with Crippen LogP contribution in [0, 0.1) is 5.82 Å². The van der Waals surface area contributed by atoms with E-state index in [2.05, 4.69) is 27.4 Å². The zero-order chi connectivity index (χ0) is 18.7. The molecule has 1 aliphatic heterocycles. The van der Waals surface area contributed by atoms with Crippen LogP contribution in [0.3, 0.4) is 0 Å². The van der Waals surface area contributed by atoms with E-state index in [1.165, 1.54) is 18.0 Å². The molecule has 0 aliphatic carbocycles. The van der Waals surface area contributed by atoms with Gasteiger partial charge in [-0.2, -0.15) is 0 Å². The topological polar surface area (TPSA) is 56.3 Å². The summed E-state index contributed by atoms with van der Waals surface area (Å²) in [6.07, 6.45) is 3.21. The van der Waals surface area contributed by atoms with E-state index in [0.717, 1.165) is 18.6 Å². The fourth-order valence-corrected chi connectivity index (χ4v) is 3.72. The van der Waals surface area contributed by atoms with E-state index < -0.39 is 0 Å². The van der Waals surface area contributed by atoms with Crippen molar-refractivity contribution in [2.24, 2.45) is 0 Å². The normalized spacial score (nSPS) is 16.2. The molecule has 140 valence electrons. The molecule has 0 spiro atoms. The zero-order valence-electron chi connectivity index (χ0n) is 15.2. The van der Waals surface area contributed by atoms with Gasteiger partial charge in [0.25, 0.3) is 0 Å². The molecule has 0 atom stereocenters. The molecular weight excluding hydrogens is 345 g/mol. The molecule has 1 saturated heterocycles. The van der Waals surface area contributed by atoms with Crippen LogP contribution in [0.4, 0.5) is 10.2 Å². The highest BCUT2D eigenvalue weighted by Crippen LogP contribution is 2.36. The Morgan fingerprint density at radius 1 is 1.11 bits per heavy atom. The molecule has 4 rings (SSSR count). The average molecular weight is 367 g/mol. The Labute approximate surface area is 157 Å². The highest BCUT2D eigenvalue weighted by molar-refractivity contribution is 5.89. The second-order valence-electron chi connectivity index (χ2n) is 6.83. The maximum Gasteiger partial charge on any atom is 0.149 e. The number of nitrogens with one attached hydrogen (secondary N) is 1. The smallest absolute Gasteiger partial charge is 0.149 e. The number of hydrogen-bond acceptors (Lipinski definition) is 5. The maximum absolute atomic E-state index is 14.0. The second-order valence-corrected chi connectivity index (χ2v) is 6.83. The molecule has 0 saturated carbocycles. The summed E-state index contributed by atoms with van der Waals surface area (Å²) < 4.78 is 24.9. The molecule has 0 amide bonds. The molecule has 27 heavy (non-hydrogen) atoms. The Hall–Kier alpha value is -2.73. The lowest BCUT2D eigenvalue weighted by Gasteiger charge is -2.38. The lowest BCUT2D eigenvalue weighted by atomic mass is 9.74. The van der Waals surface area contributed by atoms with E-state index in [4.69, 9.17) is 9.47 Å². The van der Waals surface area contributed by atoms with Crippen molar-refractivity contribution in [1.82, 2.24) is 9.97 Å². The summed E-state index contributed by atoms with van der Waals surface area (Å²) in [6.45, 7) is 2.12. The van der Waals surface area contributed by atoms with Crippen molar-refractivity contribution in [2.75, 3.05) is 32.2 Å². The highest BCUT2D eigenvalue weighted by Gasteiger charge is 2.34. The number of methoxy groups -OCH3 is 1. The van der Waals surface area contributed by atoms with Gasteiger partial charge in [-0.25, -0.2) is 14.4 Å². The third-order valence-corrected chi connectivity index (χ3v) is 5.36. The van der Waals surface area contributed by atoms with Gasteiger partial charge >= 0.3 is 0 Å². The van der Waals surface area contributed by atoms with Crippen molar-refractivity contribution in [2.45, 2.75) is 18.3 Å². The van der Waals surface area contributed by atoms with Crippen molar-refractivity contribution in [1.29, 1.82) is 0 Å². The molecule has 0 bridgehead atoms. The van der Waals surface area contributed by atoms with Gasteiger partial charge in [-0.05, 0) is 42.7 Å². The first-order chi connectivity index (χ1) is 13.2. The number of benzene rings is 2. The number of anilines is 1. The van der Waals surface area contributed by atoms with Gasteiger partial charge in [-0.15, -0.1) is 0 Å². The summed E-state index contributed by atoms with van der Waals surface area (Å²) >= 11 is 0.